The maximum Gasteiger partial charge on any atom is 0.174 e. The molecule has 2 rings (SSSR count). The van der Waals surface area contributed by atoms with E-state index in [1.54, 1.807) is 6.07 Å². The van der Waals surface area contributed by atoms with Gasteiger partial charge in [-0.2, -0.15) is 0 Å². The summed E-state index contributed by atoms with van der Waals surface area (Å²) in [5.41, 5.74) is 1.03. The van der Waals surface area contributed by atoms with Gasteiger partial charge in [-0.05, 0) is 17.7 Å². The zero-order chi connectivity index (χ0) is 15.4. The lowest BCUT2D eigenvalue weighted by molar-refractivity contribution is 0.0987. The summed E-state index contributed by atoms with van der Waals surface area (Å²) in [5, 5.41) is 10.0. The van der Waals surface area contributed by atoms with Gasteiger partial charge in [0.1, 0.15) is 22.8 Å². The lowest BCUT2D eigenvalue weighted by atomic mass is 10.0. The Hall–Kier alpha value is -2.01. The number of ketones is 1. The van der Waals surface area contributed by atoms with Gasteiger partial charge in [0, 0.05) is 23.0 Å². The highest BCUT2D eigenvalue weighted by Gasteiger charge is 2.19. The lowest BCUT2D eigenvalue weighted by Gasteiger charge is -2.12. The summed E-state index contributed by atoms with van der Waals surface area (Å²) in [5.74, 6) is 0.376. The van der Waals surface area contributed by atoms with Gasteiger partial charge >= 0.3 is 0 Å². The summed E-state index contributed by atoms with van der Waals surface area (Å²) < 4.78 is 11.2. The molecule has 0 aliphatic heterocycles. The van der Waals surface area contributed by atoms with E-state index >= 15 is 0 Å². The van der Waals surface area contributed by atoms with Gasteiger partial charge in [-0.15, -0.1) is 0 Å². The standard InChI is InChI=1S/C16H15BrO4/c1-20-12-8-14(19)16(15(9-12)21-2)13(18)7-10-3-5-11(17)6-4-10/h3-6,8-9,19H,7H2,1-2H3. The normalized spacial score (nSPS) is 10.2. The van der Waals surface area contributed by atoms with Gasteiger partial charge in [-0.3, -0.25) is 4.79 Å². The molecule has 0 radical (unpaired) electrons. The summed E-state index contributed by atoms with van der Waals surface area (Å²) >= 11 is 3.35. The number of phenols is 1. The molecular weight excluding hydrogens is 336 g/mol. The number of ether oxygens (including phenoxy) is 2. The molecule has 0 spiro atoms. The number of rotatable bonds is 5. The van der Waals surface area contributed by atoms with Crippen LogP contribution in [0.1, 0.15) is 15.9 Å². The monoisotopic (exact) mass is 350 g/mol. The summed E-state index contributed by atoms with van der Waals surface area (Å²) in [7, 11) is 2.93. The summed E-state index contributed by atoms with van der Waals surface area (Å²) in [4.78, 5) is 12.4. The van der Waals surface area contributed by atoms with Gasteiger partial charge in [-0.25, -0.2) is 0 Å². The number of Topliss-reactive ketones (excluding diaryl/α,β-unsaturated/α-hetero) is 1. The van der Waals surface area contributed by atoms with E-state index in [1.165, 1.54) is 20.3 Å². The SMILES string of the molecule is COc1cc(O)c(C(=O)Cc2ccc(Br)cc2)c(OC)c1. The first-order chi connectivity index (χ1) is 10.0. The Morgan fingerprint density at radius 1 is 1.14 bits per heavy atom. The van der Waals surface area contributed by atoms with Crippen LogP contribution in [0.25, 0.3) is 0 Å². The fourth-order valence-corrected chi connectivity index (χ4v) is 2.28. The van der Waals surface area contributed by atoms with Crippen LogP contribution in [0.4, 0.5) is 0 Å². The van der Waals surface area contributed by atoms with E-state index in [1.807, 2.05) is 24.3 Å². The molecular formula is C16H15BrO4. The van der Waals surface area contributed by atoms with Gasteiger partial charge in [0.15, 0.2) is 5.78 Å². The average Bonchev–Trinajstić information content (AvgIpc) is 2.48. The van der Waals surface area contributed by atoms with Gasteiger partial charge < -0.3 is 14.6 Å². The molecule has 0 fully saturated rings. The number of aromatic hydroxyl groups is 1. The number of hydrogen-bond acceptors (Lipinski definition) is 4. The molecule has 0 amide bonds. The Balaban J connectivity index is 2.32. The number of hydrogen-bond donors (Lipinski definition) is 1. The molecule has 5 heteroatoms. The van der Waals surface area contributed by atoms with Crippen molar-refractivity contribution in [1.82, 2.24) is 0 Å². The number of carbonyl (C=O) groups excluding carboxylic acids is 1. The Bertz CT molecular complexity index is 650. The largest absolute Gasteiger partial charge is 0.507 e. The van der Waals surface area contributed by atoms with Crippen LogP contribution in [0, 0.1) is 0 Å². The second-order valence-electron chi connectivity index (χ2n) is 4.45. The first-order valence-electron chi connectivity index (χ1n) is 6.27. The van der Waals surface area contributed by atoms with Crippen LogP contribution in [-0.4, -0.2) is 25.1 Å². The molecule has 0 aliphatic rings. The zero-order valence-electron chi connectivity index (χ0n) is 11.7. The number of phenolic OH excluding ortho intramolecular Hbond substituents is 1. The van der Waals surface area contributed by atoms with Crippen LogP contribution in [0.2, 0.25) is 0 Å². The summed E-state index contributed by atoms with van der Waals surface area (Å²) in [6.45, 7) is 0. The van der Waals surface area contributed by atoms with Crippen molar-refractivity contribution in [2.24, 2.45) is 0 Å². The molecule has 0 aliphatic carbocycles. The third kappa shape index (κ3) is 3.55. The van der Waals surface area contributed by atoms with E-state index in [9.17, 15) is 9.90 Å². The average molecular weight is 351 g/mol. The number of halogens is 1. The molecule has 21 heavy (non-hydrogen) atoms. The highest BCUT2D eigenvalue weighted by Crippen LogP contribution is 2.34. The second-order valence-corrected chi connectivity index (χ2v) is 5.37. The molecule has 0 atom stereocenters. The minimum Gasteiger partial charge on any atom is -0.507 e. The van der Waals surface area contributed by atoms with Gasteiger partial charge in [-0.1, -0.05) is 28.1 Å². The maximum atomic E-state index is 12.4. The van der Waals surface area contributed by atoms with E-state index in [-0.39, 0.29) is 23.5 Å². The van der Waals surface area contributed by atoms with E-state index in [0.29, 0.717) is 11.5 Å². The Kier molecular flexibility index (Phi) is 4.85. The predicted octanol–water partition coefficient (Wildman–Crippen LogP) is 3.60. The van der Waals surface area contributed by atoms with E-state index in [2.05, 4.69) is 15.9 Å². The van der Waals surface area contributed by atoms with Crippen molar-refractivity contribution in [3.05, 3.63) is 52.0 Å². The molecule has 0 saturated carbocycles. The molecule has 2 aromatic carbocycles. The Morgan fingerprint density at radius 3 is 2.38 bits per heavy atom. The number of carbonyl (C=O) groups is 1. The minimum atomic E-state index is -0.214. The smallest absolute Gasteiger partial charge is 0.174 e. The predicted molar refractivity (Wildman–Crippen MR) is 83.4 cm³/mol. The van der Waals surface area contributed by atoms with Crippen LogP contribution >= 0.6 is 15.9 Å². The highest BCUT2D eigenvalue weighted by atomic mass is 79.9. The second kappa shape index (κ2) is 6.63. The quantitative estimate of drug-likeness (QED) is 0.837. The first kappa shape index (κ1) is 15.4. The van der Waals surface area contributed by atoms with Gasteiger partial charge in [0.25, 0.3) is 0 Å². The van der Waals surface area contributed by atoms with Crippen molar-refractivity contribution in [2.45, 2.75) is 6.42 Å². The molecule has 4 nitrogen and oxygen atoms in total. The van der Waals surface area contributed by atoms with Crippen molar-refractivity contribution >= 4 is 21.7 Å². The van der Waals surface area contributed by atoms with E-state index < -0.39 is 0 Å². The Morgan fingerprint density at radius 2 is 1.81 bits per heavy atom. The molecule has 0 heterocycles. The van der Waals surface area contributed by atoms with Crippen molar-refractivity contribution in [3.63, 3.8) is 0 Å². The number of benzene rings is 2. The minimum absolute atomic E-state index is 0.145. The topological polar surface area (TPSA) is 55.8 Å². The molecule has 0 aromatic heterocycles. The molecule has 0 bridgehead atoms. The van der Waals surface area contributed by atoms with E-state index in [0.717, 1.165) is 10.0 Å². The fourth-order valence-electron chi connectivity index (χ4n) is 2.01. The third-order valence-electron chi connectivity index (χ3n) is 3.07. The van der Waals surface area contributed by atoms with Crippen molar-refractivity contribution < 1.29 is 19.4 Å². The van der Waals surface area contributed by atoms with Crippen molar-refractivity contribution in [3.8, 4) is 17.2 Å². The van der Waals surface area contributed by atoms with Crippen LogP contribution in [-0.2, 0) is 6.42 Å². The van der Waals surface area contributed by atoms with Crippen LogP contribution < -0.4 is 9.47 Å². The summed E-state index contributed by atoms with van der Waals surface area (Å²) in [6.07, 6.45) is 0.184. The zero-order valence-corrected chi connectivity index (χ0v) is 13.3. The Labute approximate surface area is 131 Å². The number of methoxy groups -OCH3 is 2. The third-order valence-corrected chi connectivity index (χ3v) is 3.60. The first-order valence-corrected chi connectivity index (χ1v) is 7.07. The van der Waals surface area contributed by atoms with Gasteiger partial charge in [0.2, 0.25) is 0 Å². The molecule has 1 N–H and O–H groups in total. The van der Waals surface area contributed by atoms with Crippen molar-refractivity contribution in [1.29, 1.82) is 0 Å². The van der Waals surface area contributed by atoms with Crippen LogP contribution in [0.15, 0.2) is 40.9 Å². The fraction of sp³-hybridized carbons (Fsp3) is 0.188. The van der Waals surface area contributed by atoms with E-state index in [4.69, 9.17) is 9.47 Å². The molecule has 110 valence electrons. The highest BCUT2D eigenvalue weighted by molar-refractivity contribution is 9.10. The van der Waals surface area contributed by atoms with Gasteiger partial charge in [0.05, 0.1) is 14.2 Å². The van der Waals surface area contributed by atoms with Crippen LogP contribution in [0.3, 0.4) is 0 Å². The maximum absolute atomic E-state index is 12.4. The summed E-state index contributed by atoms with van der Waals surface area (Å²) in [6, 6.07) is 10.4. The molecule has 0 unspecified atom stereocenters. The molecule has 2 aromatic rings. The lowest BCUT2D eigenvalue weighted by Crippen LogP contribution is -2.06. The van der Waals surface area contributed by atoms with Crippen molar-refractivity contribution in [2.75, 3.05) is 14.2 Å². The molecule has 0 saturated heterocycles. The van der Waals surface area contributed by atoms with Crippen LogP contribution in [0.5, 0.6) is 17.2 Å².